The molecular formula is C72H120O6. The second-order valence-corrected chi connectivity index (χ2v) is 21.3. The summed E-state index contributed by atoms with van der Waals surface area (Å²) in [6.07, 6.45) is 90.8. The maximum absolute atomic E-state index is 12.9. The highest BCUT2D eigenvalue weighted by Crippen LogP contribution is 2.16. The highest BCUT2D eigenvalue weighted by atomic mass is 16.6. The van der Waals surface area contributed by atoms with E-state index in [9.17, 15) is 14.4 Å². The lowest BCUT2D eigenvalue weighted by molar-refractivity contribution is -0.167. The van der Waals surface area contributed by atoms with Crippen LogP contribution in [0.2, 0.25) is 0 Å². The molecule has 0 N–H and O–H groups in total. The van der Waals surface area contributed by atoms with Crippen LogP contribution in [0, 0.1) is 0 Å². The van der Waals surface area contributed by atoms with Crippen molar-refractivity contribution in [2.75, 3.05) is 13.2 Å². The van der Waals surface area contributed by atoms with Gasteiger partial charge in [-0.15, -0.1) is 0 Å². The largest absolute Gasteiger partial charge is 0.462 e. The monoisotopic (exact) mass is 1080 g/mol. The first kappa shape index (κ1) is 73.8. The maximum atomic E-state index is 12.9. The first-order chi connectivity index (χ1) is 38.5. The normalized spacial score (nSPS) is 12.9. The van der Waals surface area contributed by atoms with Gasteiger partial charge in [0.05, 0.1) is 0 Å². The Kier molecular flexibility index (Phi) is 61.8. The maximum Gasteiger partial charge on any atom is 0.306 e. The minimum absolute atomic E-state index is 0.103. The zero-order chi connectivity index (χ0) is 56.4. The van der Waals surface area contributed by atoms with Crippen molar-refractivity contribution in [1.29, 1.82) is 0 Å². The Bertz CT molecular complexity index is 1620. The number of unbranched alkanes of at least 4 members (excludes halogenated alkanes) is 27. The van der Waals surface area contributed by atoms with Gasteiger partial charge < -0.3 is 14.2 Å². The number of hydrogen-bond donors (Lipinski definition) is 0. The van der Waals surface area contributed by atoms with Gasteiger partial charge in [0, 0.05) is 19.3 Å². The first-order valence-corrected chi connectivity index (χ1v) is 32.5. The molecular weight excluding hydrogens is 961 g/mol. The van der Waals surface area contributed by atoms with Crippen molar-refractivity contribution in [3.8, 4) is 0 Å². The molecule has 0 rings (SSSR count). The Morgan fingerprint density at radius 1 is 0.269 bits per heavy atom. The number of carbonyl (C=O) groups excluding carboxylic acids is 3. The lowest BCUT2D eigenvalue weighted by Gasteiger charge is -2.18. The van der Waals surface area contributed by atoms with E-state index in [-0.39, 0.29) is 37.5 Å². The molecule has 0 aliphatic heterocycles. The van der Waals surface area contributed by atoms with Gasteiger partial charge in [-0.25, -0.2) is 0 Å². The van der Waals surface area contributed by atoms with Crippen LogP contribution in [-0.4, -0.2) is 37.2 Å². The van der Waals surface area contributed by atoms with Gasteiger partial charge in [-0.2, -0.15) is 0 Å². The third-order valence-electron chi connectivity index (χ3n) is 13.7. The third kappa shape index (κ3) is 62.7. The molecule has 6 heteroatoms. The number of hydrogen-bond acceptors (Lipinski definition) is 6. The Labute approximate surface area is 482 Å². The molecule has 1 atom stereocenters. The van der Waals surface area contributed by atoms with E-state index in [1.165, 1.54) is 135 Å². The van der Waals surface area contributed by atoms with Crippen LogP contribution in [0.4, 0.5) is 0 Å². The van der Waals surface area contributed by atoms with Crippen molar-refractivity contribution in [3.05, 3.63) is 122 Å². The van der Waals surface area contributed by atoms with Gasteiger partial charge in [0.1, 0.15) is 13.2 Å². The predicted molar refractivity (Wildman–Crippen MR) is 339 cm³/mol. The Morgan fingerprint density at radius 2 is 0.513 bits per heavy atom. The van der Waals surface area contributed by atoms with Crippen molar-refractivity contribution < 1.29 is 28.6 Å². The van der Waals surface area contributed by atoms with Crippen LogP contribution in [0.3, 0.4) is 0 Å². The van der Waals surface area contributed by atoms with Crippen molar-refractivity contribution in [2.45, 2.75) is 303 Å². The first-order valence-electron chi connectivity index (χ1n) is 32.5. The molecule has 0 aromatic rings. The SMILES string of the molecule is CC/C=C\C/C=C\C/C=C\C/C=C\C/C=C\CCCC(=O)OC(COC(=O)CCCCCCC/C=C\CCCCCCC)COC(=O)CCCCCCCCCCCCCCCCCC/C=C\C/C=C\C/C=C\C/C=C\CC. The average Bonchev–Trinajstić information content (AvgIpc) is 3.44. The molecule has 78 heavy (non-hydrogen) atoms. The molecule has 0 aliphatic rings. The van der Waals surface area contributed by atoms with Crippen LogP contribution in [-0.2, 0) is 28.6 Å². The second-order valence-electron chi connectivity index (χ2n) is 21.3. The molecule has 0 aromatic carbocycles. The Balaban J connectivity index is 4.31. The topological polar surface area (TPSA) is 78.9 Å². The molecule has 0 heterocycles. The number of allylic oxidation sites excluding steroid dienone is 20. The summed E-state index contributed by atoms with van der Waals surface area (Å²) in [7, 11) is 0. The highest BCUT2D eigenvalue weighted by Gasteiger charge is 2.19. The van der Waals surface area contributed by atoms with E-state index >= 15 is 0 Å². The van der Waals surface area contributed by atoms with Crippen LogP contribution < -0.4 is 0 Å². The van der Waals surface area contributed by atoms with Gasteiger partial charge in [0.25, 0.3) is 0 Å². The number of esters is 3. The standard InChI is InChI=1S/C72H120O6/c1-4-7-10-13-16-19-22-25-28-30-31-32-33-34-35-36-37-38-39-40-41-43-44-47-50-53-56-59-62-65-71(74)77-68-69(67-76-70(73)64-61-58-55-52-49-46-27-24-21-18-15-12-9-6-3)78-72(75)66-63-60-57-54-51-48-45-42-29-26-23-20-17-14-11-8-5-2/h7-8,10-11,16-17,19-20,24-29,31-32,45,48,54,57,69H,4-6,9,12-15,18,21-23,30,33-44,46-47,49-53,55-56,58-68H2,1-3H3/b10-7-,11-8-,19-16-,20-17-,27-24-,28-25-,29-26-,32-31-,48-45-,57-54-. The van der Waals surface area contributed by atoms with Gasteiger partial charge in [0.15, 0.2) is 6.10 Å². The van der Waals surface area contributed by atoms with Crippen molar-refractivity contribution in [3.63, 3.8) is 0 Å². The molecule has 0 amide bonds. The Morgan fingerprint density at radius 3 is 0.833 bits per heavy atom. The number of ether oxygens (including phenoxy) is 3. The van der Waals surface area contributed by atoms with Gasteiger partial charge in [-0.3, -0.25) is 14.4 Å². The zero-order valence-electron chi connectivity index (χ0n) is 50.9. The van der Waals surface area contributed by atoms with Gasteiger partial charge in [0.2, 0.25) is 0 Å². The van der Waals surface area contributed by atoms with Gasteiger partial charge >= 0.3 is 17.9 Å². The molecule has 0 radical (unpaired) electrons. The summed E-state index contributed by atoms with van der Waals surface area (Å²) < 4.78 is 16.9. The van der Waals surface area contributed by atoms with Gasteiger partial charge in [-0.05, 0) is 122 Å². The minimum Gasteiger partial charge on any atom is -0.462 e. The molecule has 0 aliphatic carbocycles. The fourth-order valence-corrected chi connectivity index (χ4v) is 8.88. The van der Waals surface area contributed by atoms with E-state index < -0.39 is 6.10 Å². The summed E-state index contributed by atoms with van der Waals surface area (Å²) in [5.74, 6) is -0.965. The third-order valence-corrected chi connectivity index (χ3v) is 13.7. The summed E-state index contributed by atoms with van der Waals surface area (Å²) >= 11 is 0. The molecule has 444 valence electrons. The lowest BCUT2D eigenvalue weighted by atomic mass is 10.0. The van der Waals surface area contributed by atoms with E-state index in [2.05, 4.69) is 142 Å². The predicted octanol–water partition coefficient (Wildman–Crippen LogP) is 22.4. The van der Waals surface area contributed by atoms with E-state index in [0.29, 0.717) is 19.3 Å². The fourth-order valence-electron chi connectivity index (χ4n) is 8.88. The van der Waals surface area contributed by atoms with Crippen LogP contribution in [0.5, 0.6) is 0 Å². The average molecular weight is 1080 g/mol. The smallest absolute Gasteiger partial charge is 0.306 e. The summed E-state index contributed by atoms with van der Waals surface area (Å²) in [6, 6.07) is 0. The van der Waals surface area contributed by atoms with E-state index in [1.54, 1.807) is 0 Å². The molecule has 0 aromatic heterocycles. The molecule has 0 fully saturated rings. The number of carbonyl (C=O) groups is 3. The van der Waals surface area contributed by atoms with E-state index in [0.717, 1.165) is 116 Å². The Hall–Kier alpha value is -4.19. The van der Waals surface area contributed by atoms with Crippen molar-refractivity contribution >= 4 is 17.9 Å². The number of rotatable bonds is 58. The zero-order valence-corrected chi connectivity index (χ0v) is 50.9. The molecule has 1 unspecified atom stereocenters. The van der Waals surface area contributed by atoms with E-state index in [4.69, 9.17) is 14.2 Å². The molecule has 0 saturated carbocycles. The molecule has 0 saturated heterocycles. The van der Waals surface area contributed by atoms with E-state index in [1.807, 2.05) is 0 Å². The highest BCUT2D eigenvalue weighted by molar-refractivity contribution is 5.71. The minimum atomic E-state index is -0.814. The van der Waals surface area contributed by atoms with Crippen molar-refractivity contribution in [2.24, 2.45) is 0 Å². The van der Waals surface area contributed by atoms with Gasteiger partial charge in [-0.1, -0.05) is 277 Å². The summed E-state index contributed by atoms with van der Waals surface area (Å²) in [4.78, 5) is 38.3. The molecule has 6 nitrogen and oxygen atoms in total. The summed E-state index contributed by atoms with van der Waals surface area (Å²) in [6.45, 7) is 6.37. The fraction of sp³-hybridized carbons (Fsp3) is 0.681. The van der Waals surface area contributed by atoms with Crippen LogP contribution in [0.15, 0.2) is 122 Å². The van der Waals surface area contributed by atoms with Crippen LogP contribution in [0.1, 0.15) is 297 Å². The van der Waals surface area contributed by atoms with Crippen LogP contribution >= 0.6 is 0 Å². The summed E-state index contributed by atoms with van der Waals surface area (Å²) in [5, 5.41) is 0. The molecule has 0 spiro atoms. The quantitative estimate of drug-likeness (QED) is 0.0261. The van der Waals surface area contributed by atoms with Crippen molar-refractivity contribution in [1.82, 2.24) is 0 Å². The lowest BCUT2D eigenvalue weighted by Crippen LogP contribution is -2.30. The molecule has 0 bridgehead atoms. The second kappa shape index (κ2) is 65.3. The van der Waals surface area contributed by atoms with Crippen LogP contribution in [0.25, 0.3) is 0 Å². The summed E-state index contributed by atoms with van der Waals surface area (Å²) in [5.41, 5.74) is 0.